The van der Waals surface area contributed by atoms with Gasteiger partial charge in [0.1, 0.15) is 0 Å². The molecule has 90 valence electrons. The molecule has 1 heterocycles. The lowest BCUT2D eigenvalue weighted by Gasteiger charge is -2.16. The van der Waals surface area contributed by atoms with E-state index in [1.165, 1.54) is 0 Å². The van der Waals surface area contributed by atoms with Crippen LogP contribution in [-0.4, -0.2) is 15.2 Å². The standard InChI is InChI=1S/C12H15N3O2/c1-2-8-12(13,16)11-14-10(15-17-11)9-6-4-3-5-7-9/h3-7,16H,2,8,13H2,1H3/t12-/m0/s1. The van der Waals surface area contributed by atoms with E-state index in [-0.39, 0.29) is 5.89 Å². The Morgan fingerprint density at radius 1 is 1.35 bits per heavy atom. The molecule has 5 heteroatoms. The van der Waals surface area contributed by atoms with Crippen LogP contribution in [0.15, 0.2) is 34.9 Å². The summed E-state index contributed by atoms with van der Waals surface area (Å²) in [7, 11) is 0. The number of nitrogens with zero attached hydrogens (tertiary/aromatic N) is 2. The molecule has 0 unspecified atom stereocenters. The zero-order chi connectivity index (χ0) is 12.3. The van der Waals surface area contributed by atoms with E-state index in [2.05, 4.69) is 10.1 Å². The predicted molar refractivity (Wildman–Crippen MR) is 62.7 cm³/mol. The summed E-state index contributed by atoms with van der Waals surface area (Å²) in [5, 5.41) is 13.7. The van der Waals surface area contributed by atoms with Gasteiger partial charge in [0.2, 0.25) is 5.82 Å². The number of benzene rings is 1. The van der Waals surface area contributed by atoms with Gasteiger partial charge in [-0.25, -0.2) is 0 Å². The quantitative estimate of drug-likeness (QED) is 0.784. The van der Waals surface area contributed by atoms with E-state index >= 15 is 0 Å². The van der Waals surface area contributed by atoms with Crippen LogP contribution in [0, 0.1) is 0 Å². The predicted octanol–water partition coefficient (Wildman–Crippen LogP) is 1.64. The van der Waals surface area contributed by atoms with Crippen LogP contribution in [0.1, 0.15) is 25.7 Å². The van der Waals surface area contributed by atoms with E-state index in [0.29, 0.717) is 12.2 Å². The monoisotopic (exact) mass is 233 g/mol. The molecule has 2 aromatic rings. The molecule has 3 N–H and O–H groups in total. The molecule has 17 heavy (non-hydrogen) atoms. The number of aliphatic hydroxyl groups is 1. The van der Waals surface area contributed by atoms with Gasteiger partial charge in [-0.15, -0.1) is 0 Å². The lowest BCUT2D eigenvalue weighted by atomic mass is 10.1. The first kappa shape index (κ1) is 11.8. The summed E-state index contributed by atoms with van der Waals surface area (Å²) in [5.74, 6) is 0.485. The molecule has 0 saturated heterocycles. The molecule has 0 radical (unpaired) electrons. The van der Waals surface area contributed by atoms with Crippen molar-refractivity contribution in [2.75, 3.05) is 0 Å². The van der Waals surface area contributed by atoms with Crippen LogP contribution in [0.2, 0.25) is 0 Å². The Balaban J connectivity index is 2.28. The van der Waals surface area contributed by atoms with Crippen LogP contribution < -0.4 is 5.73 Å². The van der Waals surface area contributed by atoms with Gasteiger partial charge in [0.05, 0.1) is 0 Å². The van der Waals surface area contributed by atoms with E-state index in [1.807, 2.05) is 37.3 Å². The fourth-order valence-corrected chi connectivity index (χ4v) is 1.59. The summed E-state index contributed by atoms with van der Waals surface area (Å²) in [6, 6.07) is 9.40. The molecule has 0 fully saturated rings. The van der Waals surface area contributed by atoms with Crippen molar-refractivity contribution in [1.29, 1.82) is 0 Å². The average Bonchev–Trinajstić information content (AvgIpc) is 2.80. The first-order valence-corrected chi connectivity index (χ1v) is 5.54. The maximum Gasteiger partial charge on any atom is 0.274 e. The minimum absolute atomic E-state index is 0.0539. The lowest BCUT2D eigenvalue weighted by molar-refractivity contribution is 0.00137. The highest BCUT2D eigenvalue weighted by atomic mass is 16.5. The molecule has 0 aliphatic carbocycles. The summed E-state index contributed by atoms with van der Waals surface area (Å²) < 4.78 is 5.00. The van der Waals surface area contributed by atoms with Crippen molar-refractivity contribution in [3.63, 3.8) is 0 Å². The van der Waals surface area contributed by atoms with Crippen LogP contribution >= 0.6 is 0 Å². The van der Waals surface area contributed by atoms with Crippen LogP contribution in [0.25, 0.3) is 11.4 Å². The molecule has 0 saturated carbocycles. The van der Waals surface area contributed by atoms with E-state index in [4.69, 9.17) is 10.3 Å². The third kappa shape index (κ3) is 2.51. The summed E-state index contributed by atoms with van der Waals surface area (Å²) in [4.78, 5) is 4.12. The van der Waals surface area contributed by atoms with Crippen molar-refractivity contribution in [1.82, 2.24) is 10.1 Å². The molecule has 0 aliphatic rings. The van der Waals surface area contributed by atoms with Crippen molar-refractivity contribution in [3.05, 3.63) is 36.2 Å². The van der Waals surface area contributed by atoms with Crippen molar-refractivity contribution >= 4 is 0 Å². The van der Waals surface area contributed by atoms with Gasteiger partial charge in [-0.1, -0.05) is 48.8 Å². The number of nitrogens with two attached hydrogens (primary N) is 1. The van der Waals surface area contributed by atoms with Crippen molar-refractivity contribution in [3.8, 4) is 11.4 Å². The maximum atomic E-state index is 9.93. The third-order valence-electron chi connectivity index (χ3n) is 2.46. The molecular formula is C12H15N3O2. The van der Waals surface area contributed by atoms with E-state index in [0.717, 1.165) is 12.0 Å². The largest absolute Gasteiger partial charge is 0.368 e. The summed E-state index contributed by atoms with van der Waals surface area (Å²) >= 11 is 0. The fraction of sp³-hybridized carbons (Fsp3) is 0.333. The second kappa shape index (κ2) is 4.65. The van der Waals surface area contributed by atoms with Crippen molar-refractivity contribution in [2.45, 2.75) is 25.5 Å². The smallest absolute Gasteiger partial charge is 0.274 e. The highest BCUT2D eigenvalue weighted by molar-refractivity contribution is 5.53. The molecule has 2 rings (SSSR count). The van der Waals surface area contributed by atoms with Gasteiger partial charge in [0, 0.05) is 5.56 Å². The van der Waals surface area contributed by atoms with Gasteiger partial charge in [0.15, 0.2) is 5.72 Å². The fourth-order valence-electron chi connectivity index (χ4n) is 1.59. The van der Waals surface area contributed by atoms with Gasteiger partial charge in [-0.3, -0.25) is 5.73 Å². The molecule has 1 aromatic carbocycles. The number of hydrogen-bond acceptors (Lipinski definition) is 5. The molecule has 0 bridgehead atoms. The molecular weight excluding hydrogens is 218 g/mol. The van der Waals surface area contributed by atoms with E-state index < -0.39 is 5.72 Å². The summed E-state index contributed by atoms with van der Waals surface area (Å²) in [5.41, 5.74) is 4.98. The zero-order valence-corrected chi connectivity index (χ0v) is 9.63. The van der Waals surface area contributed by atoms with Gasteiger partial charge in [0.25, 0.3) is 5.89 Å². The summed E-state index contributed by atoms with van der Waals surface area (Å²) in [6.07, 6.45) is 1.11. The van der Waals surface area contributed by atoms with Crippen LogP contribution in [-0.2, 0) is 5.72 Å². The van der Waals surface area contributed by atoms with Gasteiger partial charge >= 0.3 is 0 Å². The minimum Gasteiger partial charge on any atom is -0.368 e. The first-order valence-electron chi connectivity index (χ1n) is 5.54. The number of hydrogen-bond donors (Lipinski definition) is 2. The maximum absolute atomic E-state index is 9.93. The Hall–Kier alpha value is -1.72. The van der Waals surface area contributed by atoms with Gasteiger partial charge < -0.3 is 9.63 Å². The molecule has 0 spiro atoms. The van der Waals surface area contributed by atoms with E-state index in [1.54, 1.807) is 0 Å². The zero-order valence-electron chi connectivity index (χ0n) is 9.63. The van der Waals surface area contributed by atoms with Crippen molar-refractivity contribution in [2.24, 2.45) is 5.73 Å². The SMILES string of the molecule is CCC[C@](N)(O)c1nc(-c2ccccc2)no1. The highest BCUT2D eigenvalue weighted by Crippen LogP contribution is 2.22. The molecule has 5 nitrogen and oxygen atoms in total. The normalized spacial score (nSPS) is 14.5. The van der Waals surface area contributed by atoms with Crippen LogP contribution in [0.4, 0.5) is 0 Å². The molecule has 1 aromatic heterocycles. The Bertz CT molecular complexity index is 480. The molecule has 1 atom stereocenters. The van der Waals surface area contributed by atoms with Gasteiger partial charge in [-0.2, -0.15) is 4.98 Å². The van der Waals surface area contributed by atoms with Crippen LogP contribution in [0.3, 0.4) is 0 Å². The Labute approximate surface area is 99.3 Å². The second-order valence-electron chi connectivity index (χ2n) is 3.96. The summed E-state index contributed by atoms with van der Waals surface area (Å²) in [6.45, 7) is 1.92. The number of rotatable bonds is 4. The average molecular weight is 233 g/mol. The van der Waals surface area contributed by atoms with E-state index in [9.17, 15) is 5.11 Å². The minimum atomic E-state index is -1.55. The van der Waals surface area contributed by atoms with Gasteiger partial charge in [-0.05, 0) is 6.42 Å². The second-order valence-corrected chi connectivity index (χ2v) is 3.96. The number of aromatic nitrogens is 2. The lowest BCUT2D eigenvalue weighted by Crippen LogP contribution is -2.36. The Kier molecular flexibility index (Phi) is 3.21. The first-order chi connectivity index (χ1) is 8.13. The third-order valence-corrected chi connectivity index (χ3v) is 2.46. The highest BCUT2D eigenvalue weighted by Gasteiger charge is 2.30. The molecule has 0 amide bonds. The topological polar surface area (TPSA) is 85.2 Å². The Morgan fingerprint density at radius 3 is 2.71 bits per heavy atom. The Morgan fingerprint density at radius 2 is 2.06 bits per heavy atom. The molecule has 0 aliphatic heterocycles. The van der Waals surface area contributed by atoms with Crippen molar-refractivity contribution < 1.29 is 9.63 Å². The van der Waals surface area contributed by atoms with Crippen LogP contribution in [0.5, 0.6) is 0 Å².